The number of hydrogen-bond acceptors (Lipinski definition) is 3. The summed E-state index contributed by atoms with van der Waals surface area (Å²) in [7, 11) is 0. The summed E-state index contributed by atoms with van der Waals surface area (Å²) < 4.78 is 6.27. The highest BCUT2D eigenvalue weighted by Gasteiger charge is 2.30. The zero-order valence-corrected chi connectivity index (χ0v) is 18.5. The first-order valence-corrected chi connectivity index (χ1v) is 11.5. The second-order valence-electron chi connectivity index (χ2n) is 10.3. The first-order valence-electron chi connectivity index (χ1n) is 11.5. The third kappa shape index (κ3) is 7.02. The lowest BCUT2D eigenvalue weighted by Gasteiger charge is -2.37. The number of nitrogens with zero attached hydrogens (tertiary/aromatic N) is 1. The van der Waals surface area contributed by atoms with E-state index in [2.05, 4.69) is 49.9 Å². The van der Waals surface area contributed by atoms with Gasteiger partial charge in [-0.05, 0) is 86.4 Å². The molecule has 1 atom stereocenters. The van der Waals surface area contributed by atoms with Crippen molar-refractivity contribution in [3.63, 3.8) is 0 Å². The molecule has 1 aromatic carbocycles. The lowest BCUT2D eigenvalue weighted by Crippen LogP contribution is -2.37. The summed E-state index contributed by atoms with van der Waals surface area (Å²) in [6, 6.07) is 8.70. The summed E-state index contributed by atoms with van der Waals surface area (Å²) >= 11 is 0. The minimum atomic E-state index is -0.699. The Morgan fingerprint density at radius 2 is 1.79 bits per heavy atom. The average Bonchev–Trinajstić information content (AvgIpc) is 2.68. The van der Waals surface area contributed by atoms with E-state index >= 15 is 0 Å². The fourth-order valence-electron chi connectivity index (χ4n) is 5.05. The number of benzene rings is 1. The van der Waals surface area contributed by atoms with E-state index in [4.69, 9.17) is 9.84 Å². The highest BCUT2D eigenvalue weighted by atomic mass is 16.5. The minimum absolute atomic E-state index is 0.246. The molecule has 4 nitrogen and oxygen atoms in total. The number of carboxylic acids is 1. The van der Waals surface area contributed by atoms with E-state index in [0.717, 1.165) is 44.0 Å². The molecule has 1 heterocycles. The van der Waals surface area contributed by atoms with Gasteiger partial charge in [-0.2, -0.15) is 0 Å². The van der Waals surface area contributed by atoms with E-state index in [9.17, 15) is 4.79 Å². The molecule has 2 aliphatic rings. The first kappa shape index (κ1) is 22.1. The maximum atomic E-state index is 10.8. The van der Waals surface area contributed by atoms with Crippen molar-refractivity contribution in [2.75, 3.05) is 19.6 Å². The average molecular weight is 402 g/mol. The molecule has 0 spiro atoms. The van der Waals surface area contributed by atoms with Crippen molar-refractivity contribution < 1.29 is 14.6 Å². The molecule has 1 saturated carbocycles. The lowest BCUT2D eigenvalue weighted by molar-refractivity contribution is -0.137. The van der Waals surface area contributed by atoms with Crippen LogP contribution in [0.3, 0.4) is 0 Å². The van der Waals surface area contributed by atoms with Crippen molar-refractivity contribution in [1.82, 2.24) is 4.90 Å². The standard InChI is InChI=1S/C25H39NO3/c1-25(2,3)21-8-12-23(13-9-21)29-22-10-6-19(7-11-22)17-20-5-4-15-26(18-20)16-14-24(27)28/h6-7,10-11,20-21,23H,4-5,8-9,12-18H2,1-3H3,(H,27,28). The van der Waals surface area contributed by atoms with Gasteiger partial charge in [0.1, 0.15) is 5.75 Å². The Morgan fingerprint density at radius 1 is 1.10 bits per heavy atom. The van der Waals surface area contributed by atoms with E-state index in [-0.39, 0.29) is 6.42 Å². The molecule has 1 aliphatic carbocycles. The van der Waals surface area contributed by atoms with E-state index in [1.54, 1.807) is 0 Å². The van der Waals surface area contributed by atoms with E-state index in [1.807, 2.05) is 0 Å². The molecule has 1 aliphatic heterocycles. The molecule has 1 saturated heterocycles. The Kier molecular flexibility index (Phi) is 7.61. The molecule has 0 aromatic heterocycles. The van der Waals surface area contributed by atoms with Gasteiger partial charge >= 0.3 is 5.97 Å². The summed E-state index contributed by atoms with van der Waals surface area (Å²) in [6.45, 7) is 9.80. The maximum Gasteiger partial charge on any atom is 0.304 e. The molecule has 1 N–H and O–H groups in total. The van der Waals surface area contributed by atoms with Gasteiger partial charge in [-0.1, -0.05) is 32.9 Å². The van der Waals surface area contributed by atoms with Gasteiger partial charge in [-0.25, -0.2) is 0 Å². The molecule has 0 radical (unpaired) electrons. The monoisotopic (exact) mass is 401 g/mol. The molecule has 1 aromatic rings. The number of hydrogen-bond donors (Lipinski definition) is 1. The molecule has 3 rings (SSSR count). The Bertz CT molecular complexity index is 641. The van der Waals surface area contributed by atoms with Crippen LogP contribution in [0.4, 0.5) is 0 Å². The Hall–Kier alpha value is -1.55. The van der Waals surface area contributed by atoms with Crippen LogP contribution in [-0.4, -0.2) is 41.7 Å². The second-order valence-corrected chi connectivity index (χ2v) is 10.3. The van der Waals surface area contributed by atoms with E-state index in [1.165, 1.54) is 31.2 Å². The van der Waals surface area contributed by atoms with Crippen molar-refractivity contribution >= 4 is 5.97 Å². The van der Waals surface area contributed by atoms with Crippen LogP contribution in [0.1, 0.15) is 71.3 Å². The number of piperidine rings is 1. The SMILES string of the molecule is CC(C)(C)C1CCC(Oc2ccc(CC3CCCN(CCC(=O)O)C3)cc2)CC1. The first-order chi connectivity index (χ1) is 13.8. The van der Waals surface area contributed by atoms with Crippen LogP contribution in [0, 0.1) is 17.3 Å². The van der Waals surface area contributed by atoms with Crippen molar-refractivity contribution in [3.05, 3.63) is 29.8 Å². The third-order valence-electron chi connectivity index (χ3n) is 6.89. The Balaban J connectivity index is 1.44. The predicted octanol–water partition coefficient (Wildman–Crippen LogP) is 5.40. The van der Waals surface area contributed by atoms with Crippen LogP contribution in [0.5, 0.6) is 5.75 Å². The van der Waals surface area contributed by atoms with Crippen molar-refractivity contribution in [3.8, 4) is 5.75 Å². The van der Waals surface area contributed by atoms with Gasteiger partial charge in [0.05, 0.1) is 12.5 Å². The highest BCUT2D eigenvalue weighted by molar-refractivity contribution is 5.66. The zero-order chi connectivity index (χ0) is 20.9. The summed E-state index contributed by atoms with van der Waals surface area (Å²) in [5, 5.41) is 8.90. The quantitative estimate of drug-likeness (QED) is 0.665. The molecular formula is C25H39NO3. The van der Waals surface area contributed by atoms with Crippen LogP contribution >= 0.6 is 0 Å². The highest BCUT2D eigenvalue weighted by Crippen LogP contribution is 2.38. The minimum Gasteiger partial charge on any atom is -0.490 e. The lowest BCUT2D eigenvalue weighted by atomic mass is 9.72. The van der Waals surface area contributed by atoms with Gasteiger partial charge in [-0.3, -0.25) is 4.79 Å². The predicted molar refractivity (Wildman–Crippen MR) is 117 cm³/mol. The summed E-state index contributed by atoms with van der Waals surface area (Å²) in [6.07, 6.45) is 8.95. The Morgan fingerprint density at radius 3 is 2.41 bits per heavy atom. The maximum absolute atomic E-state index is 10.8. The largest absolute Gasteiger partial charge is 0.490 e. The number of rotatable bonds is 7. The van der Waals surface area contributed by atoms with Crippen LogP contribution in [0.2, 0.25) is 0 Å². The number of carbonyl (C=O) groups is 1. The topological polar surface area (TPSA) is 49.8 Å². The molecule has 2 fully saturated rings. The molecule has 29 heavy (non-hydrogen) atoms. The van der Waals surface area contributed by atoms with Crippen molar-refractivity contribution in [1.29, 1.82) is 0 Å². The van der Waals surface area contributed by atoms with Gasteiger partial charge in [0.2, 0.25) is 0 Å². The van der Waals surface area contributed by atoms with E-state index in [0.29, 0.717) is 24.0 Å². The van der Waals surface area contributed by atoms with Crippen LogP contribution in [-0.2, 0) is 11.2 Å². The van der Waals surface area contributed by atoms with E-state index < -0.39 is 5.97 Å². The van der Waals surface area contributed by atoms with Gasteiger partial charge in [0.15, 0.2) is 0 Å². The normalized spacial score (nSPS) is 26.2. The molecule has 4 heteroatoms. The third-order valence-corrected chi connectivity index (χ3v) is 6.89. The van der Waals surface area contributed by atoms with Gasteiger partial charge in [-0.15, -0.1) is 0 Å². The smallest absolute Gasteiger partial charge is 0.304 e. The number of aliphatic carboxylic acids is 1. The van der Waals surface area contributed by atoms with Crippen molar-refractivity contribution in [2.45, 2.75) is 78.2 Å². The Labute approximate surface area is 176 Å². The molecule has 162 valence electrons. The summed E-state index contributed by atoms with van der Waals surface area (Å²) in [5.74, 6) is 1.74. The second kappa shape index (κ2) is 9.97. The number of ether oxygens (including phenoxy) is 1. The summed E-state index contributed by atoms with van der Waals surface area (Å²) in [5.41, 5.74) is 1.77. The molecule has 0 amide bonds. The number of carboxylic acid groups (broad SMARTS) is 1. The fraction of sp³-hybridized carbons (Fsp3) is 0.720. The van der Waals surface area contributed by atoms with Crippen LogP contribution in [0.15, 0.2) is 24.3 Å². The molecule has 1 unspecified atom stereocenters. The molecule has 0 bridgehead atoms. The van der Waals surface area contributed by atoms with Gasteiger partial charge in [0, 0.05) is 13.1 Å². The van der Waals surface area contributed by atoms with Gasteiger partial charge in [0.25, 0.3) is 0 Å². The fourth-order valence-corrected chi connectivity index (χ4v) is 5.05. The zero-order valence-electron chi connectivity index (χ0n) is 18.5. The van der Waals surface area contributed by atoms with Gasteiger partial charge < -0.3 is 14.7 Å². The number of likely N-dealkylation sites (tertiary alicyclic amines) is 1. The van der Waals surface area contributed by atoms with Crippen molar-refractivity contribution in [2.24, 2.45) is 17.3 Å². The summed E-state index contributed by atoms with van der Waals surface area (Å²) in [4.78, 5) is 13.1. The molecular weight excluding hydrogens is 362 g/mol. The van der Waals surface area contributed by atoms with Crippen LogP contribution in [0.25, 0.3) is 0 Å². The van der Waals surface area contributed by atoms with Crippen LogP contribution < -0.4 is 4.74 Å².